The molecule has 3 nitrogen and oxygen atoms in total. The number of hydrogen-bond acceptors (Lipinski definition) is 3. The van der Waals surface area contributed by atoms with E-state index in [9.17, 15) is 5.26 Å². The number of dihydropyridines is 1. The summed E-state index contributed by atoms with van der Waals surface area (Å²) in [5.41, 5.74) is 2.45. The monoisotopic (exact) mass is 410 g/mol. The van der Waals surface area contributed by atoms with Crippen molar-refractivity contribution in [3.63, 3.8) is 0 Å². The van der Waals surface area contributed by atoms with Crippen molar-refractivity contribution in [1.82, 2.24) is 5.32 Å². The topological polar surface area (TPSA) is 45.0 Å². The van der Waals surface area contributed by atoms with Gasteiger partial charge in [-0.25, -0.2) is 10.0 Å². The Balaban J connectivity index is 2.01. The summed E-state index contributed by atoms with van der Waals surface area (Å²) in [5.74, 6) is 0.673. The van der Waals surface area contributed by atoms with Gasteiger partial charge in [0.25, 0.3) is 0 Å². The van der Waals surface area contributed by atoms with Crippen LogP contribution in [0.25, 0.3) is 0 Å². The highest BCUT2D eigenvalue weighted by atomic mass is 32.3. The third-order valence-corrected chi connectivity index (χ3v) is 10.6. The Labute approximate surface area is 177 Å². The standard InChI is InChI=1S/C25H34N2OS/c1-17-15-25(16-26,22-13-14-23(28-5)27-20(22)4)19(3)18(2)24(17)29(6,7)21-11-9-8-10-12-21/h8-14,17-18,23-24,27H,3,15H2,1-2,4-7H3/t17?,18-,23?,24+,25+/m1/s1. The molecular formula is C25H34N2OS. The van der Waals surface area contributed by atoms with Crippen LogP contribution >= 0.6 is 10.0 Å². The summed E-state index contributed by atoms with van der Waals surface area (Å²) < 4.78 is 5.41. The van der Waals surface area contributed by atoms with E-state index < -0.39 is 15.4 Å². The van der Waals surface area contributed by atoms with Gasteiger partial charge in [-0.3, -0.25) is 0 Å². The van der Waals surface area contributed by atoms with Crippen LogP contribution in [0.2, 0.25) is 0 Å². The Morgan fingerprint density at radius 2 is 1.90 bits per heavy atom. The summed E-state index contributed by atoms with van der Waals surface area (Å²) in [6.07, 6.45) is 9.57. The lowest BCUT2D eigenvalue weighted by molar-refractivity contribution is 0.118. The predicted octanol–water partition coefficient (Wildman–Crippen LogP) is 5.63. The van der Waals surface area contributed by atoms with Crippen LogP contribution in [0, 0.1) is 28.6 Å². The first-order valence-corrected chi connectivity index (χ1v) is 12.8. The first-order chi connectivity index (χ1) is 13.7. The zero-order valence-corrected chi connectivity index (χ0v) is 19.3. The summed E-state index contributed by atoms with van der Waals surface area (Å²) in [5, 5.41) is 14.3. The quantitative estimate of drug-likeness (QED) is 0.655. The second-order valence-electron chi connectivity index (χ2n) is 8.89. The molecule has 1 saturated carbocycles. The Hall–Kier alpha value is -1.96. The number of ether oxygens (including phenoxy) is 1. The largest absolute Gasteiger partial charge is 0.360 e. The van der Waals surface area contributed by atoms with Crippen molar-refractivity contribution < 1.29 is 4.74 Å². The zero-order chi connectivity index (χ0) is 21.4. The highest BCUT2D eigenvalue weighted by Crippen LogP contribution is 2.64. The molecule has 1 aliphatic heterocycles. The average molecular weight is 411 g/mol. The molecule has 1 fully saturated rings. The number of benzene rings is 1. The van der Waals surface area contributed by atoms with Gasteiger partial charge < -0.3 is 10.1 Å². The van der Waals surface area contributed by atoms with Crippen LogP contribution in [0.5, 0.6) is 0 Å². The Bertz CT molecular complexity index is 880. The van der Waals surface area contributed by atoms with Gasteiger partial charge in [-0.1, -0.05) is 56.8 Å². The lowest BCUT2D eigenvalue weighted by Crippen LogP contribution is -2.46. The van der Waals surface area contributed by atoms with E-state index in [-0.39, 0.29) is 12.1 Å². The van der Waals surface area contributed by atoms with E-state index in [1.54, 1.807) is 7.11 Å². The van der Waals surface area contributed by atoms with Crippen LogP contribution in [0.3, 0.4) is 0 Å². The van der Waals surface area contributed by atoms with Gasteiger partial charge in [-0.05, 0) is 59.8 Å². The van der Waals surface area contributed by atoms with E-state index in [2.05, 4.69) is 80.7 Å². The molecule has 3 rings (SSSR count). The van der Waals surface area contributed by atoms with Gasteiger partial charge in [0.05, 0.1) is 6.07 Å². The predicted molar refractivity (Wildman–Crippen MR) is 124 cm³/mol. The molecule has 1 aliphatic carbocycles. The molecule has 5 atom stereocenters. The van der Waals surface area contributed by atoms with Crippen LogP contribution in [-0.4, -0.2) is 31.1 Å². The van der Waals surface area contributed by atoms with Gasteiger partial charge in [0.1, 0.15) is 11.6 Å². The molecule has 1 heterocycles. The Morgan fingerprint density at radius 3 is 2.45 bits per heavy atom. The normalized spacial score (nSPS) is 33.2. The third-order valence-electron chi connectivity index (χ3n) is 6.92. The van der Waals surface area contributed by atoms with E-state index in [1.807, 2.05) is 13.0 Å². The fourth-order valence-electron chi connectivity index (χ4n) is 5.54. The molecule has 0 saturated heterocycles. The smallest absolute Gasteiger partial charge is 0.146 e. The van der Waals surface area contributed by atoms with E-state index in [0.29, 0.717) is 11.2 Å². The number of methoxy groups -OCH3 is 1. The number of nitrogens with zero attached hydrogens (tertiary/aromatic N) is 1. The maximum atomic E-state index is 10.4. The van der Waals surface area contributed by atoms with E-state index in [4.69, 9.17) is 4.74 Å². The van der Waals surface area contributed by atoms with Gasteiger partial charge in [0.2, 0.25) is 0 Å². The highest BCUT2D eigenvalue weighted by molar-refractivity contribution is 8.33. The van der Waals surface area contributed by atoms with Crippen molar-refractivity contribution in [2.24, 2.45) is 17.3 Å². The number of nitriles is 1. The number of nitrogens with one attached hydrogen (secondary N) is 1. The number of hydrogen-bond donors (Lipinski definition) is 1. The van der Waals surface area contributed by atoms with Crippen molar-refractivity contribution in [3.05, 3.63) is 65.9 Å². The summed E-state index contributed by atoms with van der Waals surface area (Å²) >= 11 is 0. The number of allylic oxidation sites excluding steroid dienone is 4. The average Bonchev–Trinajstić information content (AvgIpc) is 2.71. The molecule has 1 aromatic carbocycles. The molecule has 0 amide bonds. The maximum Gasteiger partial charge on any atom is 0.146 e. The van der Waals surface area contributed by atoms with Crippen molar-refractivity contribution in [2.75, 3.05) is 19.6 Å². The third kappa shape index (κ3) is 3.56. The molecule has 0 spiro atoms. The molecule has 156 valence electrons. The minimum Gasteiger partial charge on any atom is -0.360 e. The van der Waals surface area contributed by atoms with Crippen LogP contribution in [-0.2, 0) is 4.74 Å². The molecule has 1 N–H and O–H groups in total. The summed E-state index contributed by atoms with van der Waals surface area (Å²) in [6, 6.07) is 13.6. The molecular weight excluding hydrogens is 376 g/mol. The highest BCUT2D eigenvalue weighted by Gasteiger charge is 2.51. The summed E-state index contributed by atoms with van der Waals surface area (Å²) in [4.78, 5) is 1.43. The number of rotatable bonds is 4. The molecule has 2 unspecified atom stereocenters. The Morgan fingerprint density at radius 1 is 1.24 bits per heavy atom. The molecule has 0 bridgehead atoms. The summed E-state index contributed by atoms with van der Waals surface area (Å²) in [6.45, 7) is 11.2. The first-order valence-electron chi connectivity index (χ1n) is 10.3. The van der Waals surface area contributed by atoms with Crippen LogP contribution in [0.15, 0.2) is 70.8 Å². The summed E-state index contributed by atoms with van der Waals surface area (Å²) in [7, 11) is 0.635. The molecule has 0 aromatic heterocycles. The molecule has 4 heteroatoms. The molecule has 0 radical (unpaired) electrons. The van der Waals surface area contributed by atoms with Gasteiger partial charge in [0.15, 0.2) is 0 Å². The van der Waals surface area contributed by atoms with Gasteiger partial charge in [-0.2, -0.15) is 5.26 Å². The van der Waals surface area contributed by atoms with E-state index in [1.165, 1.54) is 4.90 Å². The van der Waals surface area contributed by atoms with Crippen LogP contribution < -0.4 is 5.32 Å². The van der Waals surface area contributed by atoms with Crippen molar-refractivity contribution in [1.29, 1.82) is 5.26 Å². The first kappa shape index (κ1) is 21.7. The maximum absolute atomic E-state index is 10.4. The van der Waals surface area contributed by atoms with Crippen molar-refractivity contribution in [3.8, 4) is 6.07 Å². The second-order valence-corrected chi connectivity index (χ2v) is 12.7. The van der Waals surface area contributed by atoms with Crippen molar-refractivity contribution in [2.45, 2.75) is 43.6 Å². The van der Waals surface area contributed by atoms with E-state index in [0.717, 1.165) is 23.3 Å². The lowest BCUT2D eigenvalue weighted by Gasteiger charge is -2.54. The minimum atomic E-state index is -1.05. The van der Waals surface area contributed by atoms with Gasteiger partial charge >= 0.3 is 0 Å². The molecule has 29 heavy (non-hydrogen) atoms. The fourth-order valence-corrected chi connectivity index (χ4v) is 9.15. The Kier molecular flexibility index (Phi) is 6.03. The second kappa shape index (κ2) is 8.05. The van der Waals surface area contributed by atoms with Gasteiger partial charge in [-0.15, -0.1) is 0 Å². The van der Waals surface area contributed by atoms with Crippen molar-refractivity contribution >= 4 is 10.0 Å². The van der Waals surface area contributed by atoms with Gasteiger partial charge in [0, 0.05) is 18.1 Å². The molecule has 2 aliphatic rings. The molecule has 1 aromatic rings. The SMILES string of the molecule is C=C1[C@@H](C)[C@@H](S(C)(C)c2ccccc2)C(C)C[C@@]1(C#N)C1=C(C)NC(OC)C=C1. The van der Waals surface area contributed by atoms with E-state index >= 15 is 0 Å². The van der Waals surface area contributed by atoms with Crippen LogP contribution in [0.1, 0.15) is 27.2 Å². The lowest BCUT2D eigenvalue weighted by atomic mass is 9.60. The fraction of sp³-hybridized carbons (Fsp3) is 0.480. The van der Waals surface area contributed by atoms with Crippen LogP contribution in [0.4, 0.5) is 0 Å². The zero-order valence-electron chi connectivity index (χ0n) is 18.5. The minimum absolute atomic E-state index is 0.143.